The maximum atomic E-state index is 11.9. The predicted octanol–water partition coefficient (Wildman–Crippen LogP) is 0.448. The zero-order chi connectivity index (χ0) is 16.7. The molecule has 2 aromatic heterocycles. The minimum atomic E-state index is 0. The fourth-order valence-electron chi connectivity index (χ4n) is 2.43. The quantitative estimate of drug-likeness (QED) is 0.633. The van der Waals surface area contributed by atoms with Crippen molar-refractivity contribution in [2.45, 2.75) is 26.7 Å². The second-order valence-corrected chi connectivity index (χ2v) is 5.33. The predicted molar refractivity (Wildman–Crippen MR) is 93.6 cm³/mol. The molecule has 2 N–H and O–H groups in total. The first-order chi connectivity index (χ1) is 11.1. The molecule has 0 aliphatic carbocycles. The number of hydrogen-bond donors (Lipinski definition) is 2. The van der Waals surface area contributed by atoms with Crippen LogP contribution >= 0.6 is 12.4 Å². The summed E-state index contributed by atoms with van der Waals surface area (Å²) >= 11 is 0. The third-order valence-electron chi connectivity index (χ3n) is 3.70. The molecular formula is C15H25ClN6O2. The number of amides is 1. The van der Waals surface area contributed by atoms with Crippen LogP contribution < -0.4 is 10.6 Å². The van der Waals surface area contributed by atoms with Crippen LogP contribution in [-0.2, 0) is 16.0 Å². The van der Waals surface area contributed by atoms with Crippen LogP contribution in [0.25, 0.3) is 5.78 Å². The van der Waals surface area contributed by atoms with E-state index in [1.165, 1.54) is 6.33 Å². The molecule has 0 saturated heterocycles. The highest BCUT2D eigenvalue weighted by Gasteiger charge is 2.12. The van der Waals surface area contributed by atoms with E-state index in [1.807, 2.05) is 13.8 Å². The average Bonchev–Trinajstić information content (AvgIpc) is 2.99. The third kappa shape index (κ3) is 5.40. The molecule has 0 aliphatic heterocycles. The van der Waals surface area contributed by atoms with Crippen LogP contribution in [0.2, 0.25) is 0 Å². The number of nitrogens with zero attached hydrogens (tertiary/aromatic N) is 4. The van der Waals surface area contributed by atoms with Gasteiger partial charge in [0.15, 0.2) is 0 Å². The van der Waals surface area contributed by atoms with Crippen molar-refractivity contribution in [3.63, 3.8) is 0 Å². The number of methoxy groups -OCH3 is 1. The van der Waals surface area contributed by atoms with E-state index < -0.39 is 0 Å². The monoisotopic (exact) mass is 356 g/mol. The maximum Gasteiger partial charge on any atom is 0.252 e. The van der Waals surface area contributed by atoms with E-state index in [2.05, 4.69) is 25.7 Å². The van der Waals surface area contributed by atoms with Crippen LogP contribution in [0.5, 0.6) is 0 Å². The Morgan fingerprint density at radius 3 is 2.83 bits per heavy atom. The van der Waals surface area contributed by atoms with Crippen molar-refractivity contribution in [3.8, 4) is 0 Å². The Labute approximate surface area is 147 Å². The van der Waals surface area contributed by atoms with Gasteiger partial charge >= 0.3 is 0 Å². The van der Waals surface area contributed by atoms with Crippen molar-refractivity contribution in [1.29, 1.82) is 0 Å². The minimum absolute atomic E-state index is 0. The summed E-state index contributed by atoms with van der Waals surface area (Å²) in [4.78, 5) is 20.4. The fourth-order valence-corrected chi connectivity index (χ4v) is 2.43. The molecule has 134 valence electrons. The molecule has 0 bridgehead atoms. The lowest BCUT2D eigenvalue weighted by Crippen LogP contribution is -2.33. The van der Waals surface area contributed by atoms with Crippen LogP contribution in [-0.4, -0.2) is 58.8 Å². The Kier molecular flexibility index (Phi) is 8.59. The van der Waals surface area contributed by atoms with E-state index in [0.29, 0.717) is 31.8 Å². The number of hydrogen-bond acceptors (Lipinski definition) is 6. The van der Waals surface area contributed by atoms with Gasteiger partial charge in [-0.2, -0.15) is 10.1 Å². The van der Waals surface area contributed by atoms with Gasteiger partial charge in [-0.15, -0.1) is 12.4 Å². The Morgan fingerprint density at radius 1 is 1.29 bits per heavy atom. The van der Waals surface area contributed by atoms with E-state index in [9.17, 15) is 4.79 Å². The Bertz CT molecular complexity index is 661. The summed E-state index contributed by atoms with van der Waals surface area (Å²) in [5, 5.41) is 10.2. The van der Waals surface area contributed by atoms with E-state index in [4.69, 9.17) is 4.74 Å². The first kappa shape index (κ1) is 20.3. The highest BCUT2D eigenvalue weighted by molar-refractivity contribution is 5.85. The molecule has 9 heteroatoms. The van der Waals surface area contributed by atoms with Crippen LogP contribution in [0.3, 0.4) is 0 Å². The molecule has 2 heterocycles. The van der Waals surface area contributed by atoms with E-state index in [-0.39, 0.29) is 18.3 Å². The summed E-state index contributed by atoms with van der Waals surface area (Å²) in [6.07, 6.45) is 2.56. The van der Waals surface area contributed by atoms with Crippen molar-refractivity contribution in [2.75, 3.05) is 33.4 Å². The van der Waals surface area contributed by atoms with Crippen molar-refractivity contribution >= 4 is 24.1 Å². The molecule has 24 heavy (non-hydrogen) atoms. The highest BCUT2D eigenvalue weighted by atomic mass is 35.5. The van der Waals surface area contributed by atoms with Crippen LogP contribution in [0, 0.1) is 13.8 Å². The van der Waals surface area contributed by atoms with Crippen LogP contribution in [0.4, 0.5) is 0 Å². The van der Waals surface area contributed by atoms with Gasteiger partial charge in [0.05, 0.1) is 6.61 Å². The number of aromatic nitrogens is 4. The molecule has 0 saturated carbocycles. The lowest BCUT2D eigenvalue weighted by atomic mass is 10.1. The number of nitrogens with one attached hydrogen (secondary N) is 2. The zero-order valence-corrected chi connectivity index (χ0v) is 15.2. The second kappa shape index (κ2) is 10.2. The van der Waals surface area contributed by atoms with Gasteiger partial charge in [0.25, 0.3) is 5.78 Å². The topological polar surface area (TPSA) is 93.4 Å². The largest absolute Gasteiger partial charge is 0.383 e. The lowest BCUT2D eigenvalue weighted by Gasteiger charge is -2.10. The van der Waals surface area contributed by atoms with Gasteiger partial charge in [0.2, 0.25) is 5.91 Å². The first-order valence-corrected chi connectivity index (χ1v) is 7.75. The normalized spacial score (nSPS) is 10.6. The van der Waals surface area contributed by atoms with Crippen molar-refractivity contribution in [1.82, 2.24) is 30.2 Å². The van der Waals surface area contributed by atoms with Gasteiger partial charge in [-0.1, -0.05) is 0 Å². The molecule has 0 fully saturated rings. The van der Waals surface area contributed by atoms with Gasteiger partial charge in [-0.05, 0) is 25.8 Å². The third-order valence-corrected chi connectivity index (χ3v) is 3.70. The molecule has 0 aliphatic rings. The standard InChI is InChI=1S/C15H24N6O2.ClH/c1-11-13(12(2)21-15(20-11)18-10-19-21)4-5-14(22)17-7-6-16-8-9-23-3;/h10,16H,4-9H2,1-3H3,(H,17,22);1H. The summed E-state index contributed by atoms with van der Waals surface area (Å²) in [7, 11) is 1.67. The number of halogens is 1. The van der Waals surface area contributed by atoms with Gasteiger partial charge in [-0.25, -0.2) is 9.50 Å². The van der Waals surface area contributed by atoms with Gasteiger partial charge in [-0.3, -0.25) is 4.79 Å². The number of fused-ring (bicyclic) bond motifs is 1. The minimum Gasteiger partial charge on any atom is -0.383 e. The molecule has 0 radical (unpaired) electrons. The molecule has 0 atom stereocenters. The van der Waals surface area contributed by atoms with Crippen molar-refractivity contribution < 1.29 is 9.53 Å². The molecule has 2 rings (SSSR count). The fraction of sp³-hybridized carbons (Fsp3) is 0.600. The molecule has 8 nitrogen and oxygen atoms in total. The van der Waals surface area contributed by atoms with Crippen LogP contribution in [0.1, 0.15) is 23.4 Å². The van der Waals surface area contributed by atoms with Crippen LogP contribution in [0.15, 0.2) is 6.33 Å². The highest BCUT2D eigenvalue weighted by Crippen LogP contribution is 2.14. The van der Waals surface area contributed by atoms with Gasteiger partial charge in [0, 0.05) is 44.6 Å². The molecule has 2 aromatic rings. The zero-order valence-electron chi connectivity index (χ0n) is 14.3. The van der Waals surface area contributed by atoms with E-state index in [0.717, 1.165) is 30.0 Å². The number of ether oxygens (including phenoxy) is 1. The van der Waals surface area contributed by atoms with Crippen molar-refractivity contribution in [2.24, 2.45) is 0 Å². The number of carbonyl (C=O) groups is 1. The van der Waals surface area contributed by atoms with E-state index in [1.54, 1.807) is 11.6 Å². The summed E-state index contributed by atoms with van der Waals surface area (Å²) in [5.74, 6) is 0.631. The molecule has 1 amide bonds. The molecule has 0 unspecified atom stereocenters. The summed E-state index contributed by atoms with van der Waals surface area (Å²) in [5.41, 5.74) is 2.94. The summed E-state index contributed by atoms with van der Waals surface area (Å²) < 4.78 is 6.65. The summed E-state index contributed by atoms with van der Waals surface area (Å²) in [6, 6.07) is 0. The number of rotatable bonds is 9. The Morgan fingerprint density at radius 2 is 2.08 bits per heavy atom. The number of carbonyl (C=O) groups excluding carboxylic acids is 1. The first-order valence-electron chi connectivity index (χ1n) is 7.75. The van der Waals surface area contributed by atoms with E-state index >= 15 is 0 Å². The maximum absolute atomic E-state index is 11.9. The number of aryl methyl sites for hydroxylation is 2. The second-order valence-electron chi connectivity index (χ2n) is 5.33. The van der Waals surface area contributed by atoms with Crippen molar-refractivity contribution in [3.05, 3.63) is 23.3 Å². The molecule has 0 spiro atoms. The average molecular weight is 357 g/mol. The van der Waals surface area contributed by atoms with Gasteiger partial charge < -0.3 is 15.4 Å². The Balaban J connectivity index is 0.00000288. The molecule has 0 aromatic carbocycles. The lowest BCUT2D eigenvalue weighted by molar-refractivity contribution is -0.121. The Hall–Kier alpha value is -1.77. The molecular weight excluding hydrogens is 332 g/mol. The van der Waals surface area contributed by atoms with Gasteiger partial charge in [0.1, 0.15) is 6.33 Å². The smallest absolute Gasteiger partial charge is 0.252 e. The summed E-state index contributed by atoms with van der Waals surface area (Å²) in [6.45, 7) is 6.72. The SMILES string of the molecule is COCCNCCNC(=O)CCc1c(C)nc2ncnn2c1C.Cl.